The van der Waals surface area contributed by atoms with E-state index in [-0.39, 0.29) is 5.95 Å². The number of nitrogens with zero attached hydrogens (tertiary/aromatic N) is 3. The van der Waals surface area contributed by atoms with Gasteiger partial charge in [-0.3, -0.25) is 0 Å². The maximum absolute atomic E-state index is 5.90. The highest BCUT2D eigenvalue weighted by Gasteiger charge is 2.06. The molecule has 0 aliphatic heterocycles. The summed E-state index contributed by atoms with van der Waals surface area (Å²) >= 11 is 5.90. The number of halogens is 1. The molecule has 28 heavy (non-hydrogen) atoms. The van der Waals surface area contributed by atoms with Crippen LogP contribution in [0.5, 0.6) is 11.5 Å². The molecule has 0 aliphatic rings. The van der Waals surface area contributed by atoms with Crippen molar-refractivity contribution in [3.8, 4) is 22.8 Å². The highest BCUT2D eigenvalue weighted by Crippen LogP contribution is 2.27. The van der Waals surface area contributed by atoms with E-state index in [1.165, 1.54) is 0 Å². The van der Waals surface area contributed by atoms with Crippen LogP contribution in [0.2, 0.25) is 5.15 Å². The van der Waals surface area contributed by atoms with E-state index in [1.807, 2.05) is 60.7 Å². The zero-order valence-corrected chi connectivity index (χ0v) is 15.5. The van der Waals surface area contributed by atoms with Crippen LogP contribution in [0.15, 0.2) is 79.0 Å². The second-order valence-electron chi connectivity index (χ2n) is 5.93. The van der Waals surface area contributed by atoms with E-state index in [0.717, 1.165) is 16.9 Å². The lowest BCUT2D eigenvalue weighted by Gasteiger charge is -2.11. The minimum absolute atomic E-state index is 0.197. The van der Waals surface area contributed by atoms with Gasteiger partial charge in [-0.1, -0.05) is 48.0 Å². The minimum Gasteiger partial charge on any atom is -0.457 e. The van der Waals surface area contributed by atoms with Crippen molar-refractivity contribution >= 4 is 29.1 Å². The van der Waals surface area contributed by atoms with Crippen LogP contribution in [-0.4, -0.2) is 15.0 Å². The first-order valence-corrected chi connectivity index (χ1v) is 8.90. The van der Waals surface area contributed by atoms with Crippen LogP contribution in [-0.2, 0) is 0 Å². The number of nitrogens with one attached hydrogen (secondary N) is 1. The maximum atomic E-state index is 5.90. The van der Waals surface area contributed by atoms with Gasteiger partial charge in [-0.05, 0) is 18.2 Å². The van der Waals surface area contributed by atoms with E-state index in [2.05, 4.69) is 20.3 Å². The molecule has 0 unspecified atom stereocenters. The van der Waals surface area contributed by atoms with Crippen LogP contribution in [0.4, 0.5) is 17.5 Å². The highest BCUT2D eigenvalue weighted by atomic mass is 35.5. The Morgan fingerprint density at radius 2 is 1.68 bits per heavy atom. The van der Waals surface area contributed by atoms with E-state index in [1.54, 1.807) is 18.3 Å². The van der Waals surface area contributed by atoms with E-state index in [9.17, 15) is 0 Å². The molecule has 7 heteroatoms. The SMILES string of the molecule is Nc1nc(Nc2cccc(Oc3ccnc(Cl)c3)c2)cc(-c2ccccc2)n1. The molecule has 2 aromatic carbocycles. The molecular formula is C21H16ClN5O. The molecule has 6 nitrogen and oxygen atoms in total. The lowest BCUT2D eigenvalue weighted by molar-refractivity contribution is 0.482. The first-order valence-electron chi connectivity index (χ1n) is 8.52. The Morgan fingerprint density at radius 1 is 0.857 bits per heavy atom. The Kier molecular flexibility index (Phi) is 5.03. The molecule has 0 radical (unpaired) electrons. The molecule has 0 fully saturated rings. The monoisotopic (exact) mass is 389 g/mol. The third kappa shape index (κ3) is 4.36. The topological polar surface area (TPSA) is 86.0 Å². The molecule has 0 saturated carbocycles. The Balaban J connectivity index is 1.57. The zero-order chi connectivity index (χ0) is 19.3. The molecule has 4 rings (SSSR count). The average Bonchev–Trinajstić information content (AvgIpc) is 2.68. The van der Waals surface area contributed by atoms with E-state index in [0.29, 0.717) is 22.5 Å². The Labute approximate surface area is 167 Å². The number of hydrogen-bond donors (Lipinski definition) is 2. The van der Waals surface area contributed by atoms with Gasteiger partial charge in [0.25, 0.3) is 0 Å². The van der Waals surface area contributed by atoms with Crippen LogP contribution < -0.4 is 15.8 Å². The third-order valence-electron chi connectivity index (χ3n) is 3.85. The second kappa shape index (κ2) is 7.94. The van der Waals surface area contributed by atoms with Crippen LogP contribution in [0.1, 0.15) is 0 Å². The standard InChI is InChI=1S/C21H16ClN5O/c22-19-12-17(9-10-24-19)28-16-8-4-7-15(11-16)25-20-13-18(26-21(23)27-20)14-5-2-1-3-6-14/h1-13H,(H3,23,25,26,27). The van der Waals surface area contributed by atoms with Crippen molar-refractivity contribution in [1.29, 1.82) is 0 Å². The van der Waals surface area contributed by atoms with Gasteiger partial charge in [-0.15, -0.1) is 0 Å². The summed E-state index contributed by atoms with van der Waals surface area (Å²) in [6, 6.07) is 22.5. The van der Waals surface area contributed by atoms with Gasteiger partial charge in [-0.2, -0.15) is 4.98 Å². The number of ether oxygens (including phenoxy) is 1. The zero-order valence-electron chi connectivity index (χ0n) is 14.7. The summed E-state index contributed by atoms with van der Waals surface area (Å²) in [5.41, 5.74) is 8.40. The summed E-state index contributed by atoms with van der Waals surface area (Å²) in [6.45, 7) is 0. The van der Waals surface area contributed by atoms with Gasteiger partial charge < -0.3 is 15.8 Å². The third-order valence-corrected chi connectivity index (χ3v) is 4.06. The molecule has 0 aliphatic carbocycles. The van der Waals surface area contributed by atoms with Gasteiger partial charge >= 0.3 is 0 Å². The number of nitrogen functional groups attached to an aromatic ring is 1. The average molecular weight is 390 g/mol. The number of anilines is 3. The summed E-state index contributed by atoms with van der Waals surface area (Å²) in [5, 5.41) is 3.61. The largest absolute Gasteiger partial charge is 0.457 e. The summed E-state index contributed by atoms with van der Waals surface area (Å²) in [7, 11) is 0. The van der Waals surface area contributed by atoms with Crippen molar-refractivity contribution < 1.29 is 4.74 Å². The van der Waals surface area contributed by atoms with Crippen LogP contribution in [0, 0.1) is 0 Å². The molecule has 0 spiro atoms. The summed E-state index contributed by atoms with van der Waals surface area (Å²) in [5.74, 6) is 2.05. The Bertz CT molecular complexity index is 1100. The Hall–Kier alpha value is -3.64. The van der Waals surface area contributed by atoms with Gasteiger partial charge in [0.1, 0.15) is 22.5 Å². The molecular weight excluding hydrogens is 374 g/mol. The van der Waals surface area contributed by atoms with Crippen LogP contribution >= 0.6 is 11.6 Å². The molecule has 3 N–H and O–H groups in total. The number of hydrogen-bond acceptors (Lipinski definition) is 6. The minimum atomic E-state index is 0.197. The predicted molar refractivity (Wildman–Crippen MR) is 111 cm³/mol. The van der Waals surface area contributed by atoms with Crippen molar-refractivity contribution in [3.63, 3.8) is 0 Å². The normalized spacial score (nSPS) is 10.5. The molecule has 138 valence electrons. The predicted octanol–water partition coefficient (Wildman–Crippen LogP) is 5.31. The lowest BCUT2D eigenvalue weighted by Crippen LogP contribution is -2.01. The van der Waals surface area contributed by atoms with E-state index >= 15 is 0 Å². The lowest BCUT2D eigenvalue weighted by atomic mass is 10.1. The van der Waals surface area contributed by atoms with Crippen molar-refractivity contribution in [2.45, 2.75) is 0 Å². The molecule has 2 aromatic heterocycles. The fraction of sp³-hybridized carbons (Fsp3) is 0. The smallest absolute Gasteiger partial charge is 0.222 e. The Morgan fingerprint density at radius 3 is 2.50 bits per heavy atom. The highest BCUT2D eigenvalue weighted by molar-refractivity contribution is 6.29. The summed E-state index contributed by atoms with van der Waals surface area (Å²) in [4.78, 5) is 12.5. The maximum Gasteiger partial charge on any atom is 0.222 e. The first kappa shape index (κ1) is 17.8. The van der Waals surface area contributed by atoms with Gasteiger partial charge in [0.15, 0.2) is 0 Å². The summed E-state index contributed by atoms with van der Waals surface area (Å²) in [6.07, 6.45) is 1.59. The molecule has 0 atom stereocenters. The van der Waals surface area contributed by atoms with Gasteiger partial charge in [-0.25, -0.2) is 9.97 Å². The molecule has 4 aromatic rings. The van der Waals surface area contributed by atoms with E-state index < -0.39 is 0 Å². The van der Waals surface area contributed by atoms with E-state index in [4.69, 9.17) is 22.1 Å². The van der Waals surface area contributed by atoms with Crippen molar-refractivity contribution in [2.75, 3.05) is 11.1 Å². The van der Waals surface area contributed by atoms with Crippen LogP contribution in [0.3, 0.4) is 0 Å². The number of rotatable bonds is 5. The fourth-order valence-electron chi connectivity index (χ4n) is 2.66. The van der Waals surface area contributed by atoms with Gasteiger partial charge in [0.2, 0.25) is 5.95 Å². The quantitative estimate of drug-likeness (QED) is 0.450. The molecule has 0 saturated heterocycles. The number of nitrogens with two attached hydrogens (primary N) is 1. The molecule has 0 bridgehead atoms. The van der Waals surface area contributed by atoms with Gasteiger partial charge in [0.05, 0.1) is 5.69 Å². The van der Waals surface area contributed by atoms with Crippen molar-refractivity contribution in [3.05, 3.63) is 84.1 Å². The second-order valence-corrected chi connectivity index (χ2v) is 6.32. The van der Waals surface area contributed by atoms with Crippen molar-refractivity contribution in [1.82, 2.24) is 15.0 Å². The first-order chi connectivity index (χ1) is 13.7. The fourth-order valence-corrected chi connectivity index (χ4v) is 2.82. The summed E-state index contributed by atoms with van der Waals surface area (Å²) < 4.78 is 5.83. The number of benzene rings is 2. The number of pyridine rings is 1. The van der Waals surface area contributed by atoms with Gasteiger partial charge in [0, 0.05) is 35.6 Å². The van der Waals surface area contributed by atoms with Crippen LogP contribution in [0.25, 0.3) is 11.3 Å². The number of aromatic nitrogens is 3. The molecule has 0 amide bonds. The van der Waals surface area contributed by atoms with Crippen molar-refractivity contribution in [2.24, 2.45) is 0 Å². The molecule has 2 heterocycles.